The zero-order valence-corrected chi connectivity index (χ0v) is 62.1. The number of hydrogen-bond acceptors (Lipinski definition) is 12. The van der Waals surface area contributed by atoms with Gasteiger partial charge in [0, 0.05) is 164 Å². The van der Waals surface area contributed by atoms with E-state index in [0.29, 0.717) is 44.9 Å². The summed E-state index contributed by atoms with van der Waals surface area (Å²) in [5.74, 6) is 4.07. The molecule has 0 unspecified atom stereocenters. The van der Waals surface area contributed by atoms with E-state index in [9.17, 15) is 19.2 Å². The molecular weight excluding hydrogens is 1390 g/mol. The minimum Gasteiger partial charge on any atom is -0.661 e. The van der Waals surface area contributed by atoms with E-state index in [-0.39, 0.29) is 221 Å². The molecule has 0 atom stereocenters. The van der Waals surface area contributed by atoms with Gasteiger partial charge >= 0.3 is 0 Å². The van der Waals surface area contributed by atoms with E-state index >= 15 is 0 Å². The summed E-state index contributed by atoms with van der Waals surface area (Å²) in [4.78, 5) is 78.9. The number of nitrogens with one attached hydrogen (secondary N) is 4. The van der Waals surface area contributed by atoms with Gasteiger partial charge < -0.3 is 41.2 Å². The SMILES string of the molecule is CC(C)(C)n1ncc2c(=O)[nH]c(C3C[N-]C3)nc21.Cc1nn(C(C)(C)C)c2nc(C3C[N-]C3)[nH]c(=O)c12.Cc1nn(C2CCCCC2)c2nc(C3C[N-]C3)[nH]c(=O)c12.O=c1[nH]c(C2C[N-]C2)nc2c1cnn2C1CCCCC1.[B].[B].[B].[B].[Y].[Y].[Y].[Y]. The Morgan fingerprint density at radius 3 is 1.16 bits per heavy atom. The zero-order chi connectivity index (χ0) is 54.6. The molecule has 14 rings (SSSR count). The molecule has 4 aliphatic heterocycles. The average molecular weight is 1460 g/mol. The number of rotatable bonds is 6. The van der Waals surface area contributed by atoms with Crippen molar-refractivity contribution >= 4 is 77.8 Å². The fourth-order valence-corrected chi connectivity index (χ4v) is 11.0. The van der Waals surface area contributed by atoms with E-state index in [0.717, 1.165) is 124 Å². The first-order valence-corrected chi connectivity index (χ1v) is 27.9. The molecule has 6 fully saturated rings. The number of aromatic amines is 4. The Morgan fingerprint density at radius 2 is 0.756 bits per heavy atom. The quantitative estimate of drug-likeness (QED) is 0.140. The molecule has 4 N–H and O–H groups in total. The topological polar surface area (TPSA) is 311 Å². The Kier molecular flexibility index (Phi) is 30.0. The molecule has 24 nitrogen and oxygen atoms in total. The van der Waals surface area contributed by atoms with E-state index < -0.39 is 0 Å². The summed E-state index contributed by atoms with van der Waals surface area (Å²) in [7, 11) is 0. The molecule has 6 aliphatic rings. The van der Waals surface area contributed by atoms with Crippen molar-refractivity contribution in [2.45, 2.75) is 166 Å². The second-order valence-electron chi connectivity index (χ2n) is 23.9. The van der Waals surface area contributed by atoms with E-state index in [4.69, 9.17) is 4.98 Å². The molecule has 0 amide bonds. The molecule has 440 valence electrons. The summed E-state index contributed by atoms with van der Waals surface area (Å²) >= 11 is 0. The van der Waals surface area contributed by atoms with Gasteiger partial charge in [-0.25, -0.2) is 38.7 Å². The van der Waals surface area contributed by atoms with Crippen LogP contribution in [0.3, 0.4) is 0 Å². The number of aromatic nitrogens is 16. The van der Waals surface area contributed by atoms with Crippen molar-refractivity contribution in [3.63, 3.8) is 0 Å². The molecule has 12 heterocycles. The molecule has 4 saturated heterocycles. The third-order valence-corrected chi connectivity index (χ3v) is 15.9. The molecule has 2 aliphatic carbocycles. The normalized spacial score (nSPS) is 17.3. The zero-order valence-electron chi connectivity index (χ0n) is 50.8. The van der Waals surface area contributed by atoms with Crippen LogP contribution in [0, 0.1) is 13.8 Å². The minimum absolute atomic E-state index is 0. The van der Waals surface area contributed by atoms with E-state index in [1.807, 2.05) is 48.7 Å². The Bertz CT molecular complexity index is 3750. The largest absolute Gasteiger partial charge is 0.661 e. The van der Waals surface area contributed by atoms with Crippen LogP contribution in [-0.4, -0.2) is 165 Å². The number of fused-ring (bicyclic) bond motifs is 4. The van der Waals surface area contributed by atoms with Crippen molar-refractivity contribution in [2.75, 3.05) is 52.4 Å². The maximum Gasteiger partial charge on any atom is 0.262 e. The van der Waals surface area contributed by atoms with Gasteiger partial charge in [-0.15, -0.1) is 52.4 Å². The molecule has 16 radical (unpaired) electrons. The molecule has 8 aromatic rings. The van der Waals surface area contributed by atoms with Gasteiger partial charge in [0.05, 0.1) is 46.9 Å². The monoisotopic (exact) mass is 1460 g/mol. The third kappa shape index (κ3) is 16.6. The Balaban J connectivity index is 0.000000292. The second-order valence-corrected chi connectivity index (χ2v) is 23.9. The molecule has 32 heteroatoms. The van der Waals surface area contributed by atoms with Crippen molar-refractivity contribution in [1.29, 1.82) is 0 Å². The molecule has 0 spiro atoms. The number of nitrogens with zero attached hydrogens (tertiary/aromatic N) is 16. The van der Waals surface area contributed by atoms with Crippen LogP contribution in [0.25, 0.3) is 65.4 Å². The third-order valence-electron chi connectivity index (χ3n) is 15.9. The van der Waals surface area contributed by atoms with Crippen molar-refractivity contribution < 1.29 is 131 Å². The molecule has 2 saturated carbocycles. The van der Waals surface area contributed by atoms with Gasteiger partial charge in [0.15, 0.2) is 22.6 Å². The van der Waals surface area contributed by atoms with Crippen molar-refractivity contribution in [3.8, 4) is 0 Å². The van der Waals surface area contributed by atoms with E-state index in [2.05, 4.69) is 97.3 Å². The first kappa shape index (κ1) is 78.2. The maximum absolute atomic E-state index is 12.4. The standard InChI is InChI=1S/C15H20N5O.C14H18N5O.C13H18N5O.C12H16N5O.4B.4Y/c1-9-12-14(20(19-9)11-5-3-2-4-6-11)17-13(18-15(12)21)10-7-16-8-10;20-14-11-8-16-19(10-4-2-1-3-5-10)13(11)17-12(18-14)9-6-15-7-9;1-7-9-11(18(17-7)13(2,3)4)15-10(16-12(9)19)8-5-14-6-8;1-12(2,3)17-10-8(6-14-17)11(18)16-9(15-10)7-4-13-5-7;;;;;;;;/h10-11H,2-8H2,1H3,(H,17,18,21);8-10H,1-7H2,(H,17,18,20);8H,5-6H2,1-4H3,(H,15,16,19);6-7H,4-5H2,1-3H3,(H,15,16,18);;;;;;;;/q4*-1;;;;;;;;. The van der Waals surface area contributed by atoms with Gasteiger partial charge in [0.1, 0.15) is 44.8 Å². The fourth-order valence-electron chi connectivity index (χ4n) is 11.0. The second kappa shape index (κ2) is 33.0. The molecular formula is C54H72B4N20O4Y4-4. The van der Waals surface area contributed by atoms with Crippen molar-refractivity contribution in [3.05, 3.63) is 110 Å². The van der Waals surface area contributed by atoms with Crippen LogP contribution in [0.15, 0.2) is 31.6 Å². The van der Waals surface area contributed by atoms with Crippen LogP contribution in [0.4, 0.5) is 0 Å². The number of hydrogen-bond donors (Lipinski definition) is 4. The van der Waals surface area contributed by atoms with Gasteiger partial charge in [-0.1, -0.05) is 38.5 Å². The van der Waals surface area contributed by atoms with Gasteiger partial charge in [-0.05, 0) is 105 Å². The number of aryl methyl sites for hydroxylation is 2. The number of H-pyrrole nitrogens is 4. The predicted molar refractivity (Wildman–Crippen MR) is 323 cm³/mol. The Morgan fingerprint density at radius 1 is 0.419 bits per heavy atom. The van der Waals surface area contributed by atoms with Gasteiger partial charge in [-0.3, -0.25) is 19.2 Å². The summed E-state index contributed by atoms with van der Waals surface area (Å²) in [6.07, 6.45) is 15.4. The predicted octanol–water partition coefficient (Wildman–Crippen LogP) is 5.97. The summed E-state index contributed by atoms with van der Waals surface area (Å²) < 4.78 is 7.63. The Labute approximate surface area is 609 Å². The van der Waals surface area contributed by atoms with Crippen LogP contribution in [0.2, 0.25) is 0 Å². The van der Waals surface area contributed by atoms with Crippen LogP contribution >= 0.6 is 0 Å². The summed E-state index contributed by atoms with van der Waals surface area (Å²) in [5.41, 5.74) is 3.64. The Hall–Kier alpha value is -2.08. The summed E-state index contributed by atoms with van der Waals surface area (Å²) in [5, 5.41) is 37.0. The average Bonchev–Trinajstić information content (AvgIpc) is 2.90. The van der Waals surface area contributed by atoms with Crippen LogP contribution in [-0.2, 0) is 142 Å². The van der Waals surface area contributed by atoms with Gasteiger partial charge in [-0.2, -0.15) is 20.4 Å². The fraction of sp³-hybridized carbons (Fsp3) is 0.630. The minimum atomic E-state index is -0.200. The van der Waals surface area contributed by atoms with Gasteiger partial charge in [0.25, 0.3) is 22.2 Å². The molecule has 86 heavy (non-hydrogen) atoms. The van der Waals surface area contributed by atoms with Crippen LogP contribution < -0.4 is 22.2 Å². The van der Waals surface area contributed by atoms with E-state index in [1.165, 1.54) is 38.5 Å². The smallest absolute Gasteiger partial charge is 0.262 e. The van der Waals surface area contributed by atoms with Gasteiger partial charge in [0.2, 0.25) is 0 Å². The van der Waals surface area contributed by atoms with Crippen LogP contribution in [0.5, 0.6) is 0 Å². The molecule has 8 aromatic heterocycles. The van der Waals surface area contributed by atoms with Crippen molar-refractivity contribution in [2.24, 2.45) is 0 Å². The molecule has 0 bridgehead atoms. The first-order chi connectivity index (χ1) is 37.4. The maximum atomic E-state index is 12.4. The molecule has 0 aromatic carbocycles. The summed E-state index contributed by atoms with van der Waals surface area (Å²) in [6, 6.07) is 0.789. The first-order valence-electron chi connectivity index (χ1n) is 27.9. The van der Waals surface area contributed by atoms with Crippen molar-refractivity contribution in [1.82, 2.24) is 79.0 Å². The summed E-state index contributed by atoms with van der Waals surface area (Å²) in [6.45, 7) is 22.1. The van der Waals surface area contributed by atoms with Crippen LogP contribution in [0.1, 0.15) is 176 Å². The van der Waals surface area contributed by atoms with E-state index in [1.54, 1.807) is 17.1 Å².